The van der Waals surface area contributed by atoms with Gasteiger partial charge in [0.15, 0.2) is 0 Å². The summed E-state index contributed by atoms with van der Waals surface area (Å²) in [7, 11) is 0. The third kappa shape index (κ3) is 2.43. The fourth-order valence-electron chi connectivity index (χ4n) is 1.63. The molecule has 2 N–H and O–H groups in total. The van der Waals surface area contributed by atoms with Crippen LogP contribution in [-0.4, -0.2) is 41.8 Å². The summed E-state index contributed by atoms with van der Waals surface area (Å²) in [6, 6.07) is 1.85. The molecule has 5 heteroatoms. The summed E-state index contributed by atoms with van der Waals surface area (Å²) in [6.07, 6.45) is 3.57. The first kappa shape index (κ1) is 10.3. The maximum Gasteiger partial charge on any atom is 0.225 e. The number of nitrogens with zero attached hydrogens (tertiary/aromatic N) is 3. The molecule has 1 aliphatic rings. The zero-order chi connectivity index (χ0) is 10.7. The zero-order valence-electron chi connectivity index (χ0n) is 8.84. The lowest BCUT2D eigenvalue weighted by atomic mass is 10.1. The normalized spacial score (nSPS) is 23.9. The Morgan fingerprint density at radius 3 is 2.93 bits per heavy atom. The van der Waals surface area contributed by atoms with Crippen molar-refractivity contribution in [1.82, 2.24) is 9.97 Å². The van der Waals surface area contributed by atoms with Gasteiger partial charge in [-0.3, -0.25) is 0 Å². The molecule has 0 radical (unpaired) electrons. The molecule has 0 bridgehead atoms. The lowest BCUT2D eigenvalue weighted by Gasteiger charge is -2.34. The Balaban J connectivity index is 2.05. The van der Waals surface area contributed by atoms with Crippen LogP contribution in [0.25, 0.3) is 0 Å². The lowest BCUT2D eigenvalue weighted by molar-refractivity contribution is 0.0271. The van der Waals surface area contributed by atoms with Crippen LogP contribution in [0.3, 0.4) is 0 Å². The summed E-state index contributed by atoms with van der Waals surface area (Å²) in [4.78, 5) is 10.5. The lowest BCUT2D eigenvalue weighted by Crippen LogP contribution is -2.50. The molecule has 5 nitrogen and oxygen atoms in total. The summed E-state index contributed by atoms with van der Waals surface area (Å²) in [5.74, 6) is 0.756. The van der Waals surface area contributed by atoms with Gasteiger partial charge in [-0.1, -0.05) is 0 Å². The number of rotatable bonds is 2. The molecule has 2 unspecified atom stereocenters. The molecule has 82 valence electrons. The van der Waals surface area contributed by atoms with Crippen LogP contribution in [0, 0.1) is 0 Å². The fraction of sp³-hybridized carbons (Fsp3) is 0.600. The van der Waals surface area contributed by atoms with Crippen molar-refractivity contribution in [3.8, 4) is 0 Å². The van der Waals surface area contributed by atoms with Crippen LogP contribution in [0.15, 0.2) is 18.5 Å². The molecule has 2 atom stereocenters. The van der Waals surface area contributed by atoms with Crippen LogP contribution in [0.1, 0.15) is 6.92 Å². The standard InChI is InChI=1S/C10H16N4O/c1-8(11)9-7-14(5-6-15-9)10-12-3-2-4-13-10/h2-4,8-9H,5-7,11H2,1H3. The van der Waals surface area contributed by atoms with E-state index in [9.17, 15) is 0 Å². The van der Waals surface area contributed by atoms with E-state index in [1.54, 1.807) is 12.4 Å². The van der Waals surface area contributed by atoms with E-state index in [0.717, 1.165) is 19.0 Å². The largest absolute Gasteiger partial charge is 0.373 e. The van der Waals surface area contributed by atoms with Crippen LogP contribution in [0.2, 0.25) is 0 Å². The van der Waals surface area contributed by atoms with E-state index in [2.05, 4.69) is 14.9 Å². The zero-order valence-corrected chi connectivity index (χ0v) is 8.84. The molecular formula is C10H16N4O. The SMILES string of the molecule is CC(N)C1CN(c2ncccn2)CCO1. The number of aromatic nitrogens is 2. The highest BCUT2D eigenvalue weighted by Crippen LogP contribution is 2.12. The Morgan fingerprint density at radius 2 is 2.27 bits per heavy atom. The van der Waals surface area contributed by atoms with Gasteiger partial charge >= 0.3 is 0 Å². The molecule has 1 aromatic rings. The molecule has 0 saturated carbocycles. The topological polar surface area (TPSA) is 64.3 Å². The first-order valence-corrected chi connectivity index (χ1v) is 5.16. The highest BCUT2D eigenvalue weighted by Gasteiger charge is 2.24. The van der Waals surface area contributed by atoms with Crippen LogP contribution >= 0.6 is 0 Å². The Bertz CT molecular complexity index is 304. The monoisotopic (exact) mass is 208 g/mol. The summed E-state index contributed by atoms with van der Waals surface area (Å²) < 4.78 is 5.57. The second-order valence-electron chi connectivity index (χ2n) is 3.76. The number of hydrogen-bond donors (Lipinski definition) is 1. The van der Waals surface area contributed by atoms with E-state index < -0.39 is 0 Å². The third-order valence-electron chi connectivity index (χ3n) is 2.51. The van der Waals surface area contributed by atoms with E-state index in [1.165, 1.54) is 0 Å². The molecule has 1 saturated heterocycles. The van der Waals surface area contributed by atoms with Gasteiger partial charge in [-0.25, -0.2) is 9.97 Å². The van der Waals surface area contributed by atoms with Crippen LogP contribution in [0.5, 0.6) is 0 Å². The molecule has 2 heterocycles. The quantitative estimate of drug-likeness (QED) is 0.742. The van der Waals surface area contributed by atoms with Gasteiger partial charge in [-0.15, -0.1) is 0 Å². The van der Waals surface area contributed by atoms with E-state index in [0.29, 0.717) is 6.61 Å². The molecule has 1 aromatic heterocycles. The predicted octanol–water partition coefficient (Wildman–Crippen LogP) is 0.0290. The molecular weight excluding hydrogens is 192 g/mol. The predicted molar refractivity (Wildman–Crippen MR) is 57.6 cm³/mol. The fourth-order valence-corrected chi connectivity index (χ4v) is 1.63. The minimum atomic E-state index is 0.0384. The van der Waals surface area contributed by atoms with E-state index in [-0.39, 0.29) is 12.1 Å². The van der Waals surface area contributed by atoms with Crippen molar-refractivity contribution in [1.29, 1.82) is 0 Å². The Morgan fingerprint density at radius 1 is 1.53 bits per heavy atom. The van der Waals surface area contributed by atoms with E-state index >= 15 is 0 Å². The van der Waals surface area contributed by atoms with Gasteiger partial charge in [0.1, 0.15) is 0 Å². The number of anilines is 1. The second-order valence-corrected chi connectivity index (χ2v) is 3.76. The van der Waals surface area contributed by atoms with Crippen LogP contribution in [0.4, 0.5) is 5.95 Å². The van der Waals surface area contributed by atoms with Gasteiger partial charge in [-0.2, -0.15) is 0 Å². The van der Waals surface area contributed by atoms with Crippen molar-refractivity contribution >= 4 is 5.95 Å². The first-order chi connectivity index (χ1) is 7.27. The average molecular weight is 208 g/mol. The number of nitrogens with two attached hydrogens (primary N) is 1. The summed E-state index contributed by atoms with van der Waals surface area (Å²) >= 11 is 0. The first-order valence-electron chi connectivity index (χ1n) is 5.16. The maximum absolute atomic E-state index is 5.81. The van der Waals surface area contributed by atoms with Crippen molar-refractivity contribution in [2.45, 2.75) is 19.1 Å². The summed E-state index contributed by atoms with van der Waals surface area (Å²) in [6.45, 7) is 4.24. The molecule has 0 spiro atoms. The van der Waals surface area contributed by atoms with Crippen molar-refractivity contribution < 1.29 is 4.74 Å². The average Bonchev–Trinajstić information content (AvgIpc) is 2.30. The summed E-state index contributed by atoms with van der Waals surface area (Å²) in [5.41, 5.74) is 5.81. The Kier molecular flexibility index (Phi) is 3.13. The number of morpholine rings is 1. The highest BCUT2D eigenvalue weighted by atomic mass is 16.5. The van der Waals surface area contributed by atoms with Gasteiger partial charge in [0, 0.05) is 31.5 Å². The molecule has 1 aliphatic heterocycles. The Hall–Kier alpha value is -1.20. The maximum atomic E-state index is 5.81. The molecule has 1 fully saturated rings. The van der Waals surface area contributed by atoms with Gasteiger partial charge in [0.2, 0.25) is 5.95 Å². The molecule has 0 aliphatic carbocycles. The van der Waals surface area contributed by atoms with Crippen molar-refractivity contribution in [2.75, 3.05) is 24.6 Å². The smallest absolute Gasteiger partial charge is 0.225 e. The number of ether oxygens (including phenoxy) is 1. The van der Waals surface area contributed by atoms with E-state index in [4.69, 9.17) is 10.5 Å². The van der Waals surface area contributed by atoms with Gasteiger partial charge < -0.3 is 15.4 Å². The molecule has 0 aromatic carbocycles. The minimum Gasteiger partial charge on any atom is -0.373 e. The van der Waals surface area contributed by atoms with Gasteiger partial charge in [-0.05, 0) is 13.0 Å². The third-order valence-corrected chi connectivity index (χ3v) is 2.51. The van der Waals surface area contributed by atoms with Crippen LogP contribution in [-0.2, 0) is 4.74 Å². The Labute approximate surface area is 89.3 Å². The van der Waals surface area contributed by atoms with Crippen LogP contribution < -0.4 is 10.6 Å². The van der Waals surface area contributed by atoms with Crippen molar-refractivity contribution in [3.63, 3.8) is 0 Å². The molecule has 2 rings (SSSR count). The summed E-state index contributed by atoms with van der Waals surface area (Å²) in [5, 5.41) is 0. The molecule has 15 heavy (non-hydrogen) atoms. The molecule has 0 amide bonds. The van der Waals surface area contributed by atoms with Gasteiger partial charge in [0.25, 0.3) is 0 Å². The second kappa shape index (κ2) is 4.55. The van der Waals surface area contributed by atoms with Gasteiger partial charge in [0.05, 0.1) is 12.7 Å². The minimum absolute atomic E-state index is 0.0384. The highest BCUT2D eigenvalue weighted by molar-refractivity contribution is 5.29. The van der Waals surface area contributed by atoms with Crippen molar-refractivity contribution in [2.24, 2.45) is 5.73 Å². The van der Waals surface area contributed by atoms with Crippen molar-refractivity contribution in [3.05, 3.63) is 18.5 Å². The number of hydrogen-bond acceptors (Lipinski definition) is 5. The van der Waals surface area contributed by atoms with E-state index in [1.807, 2.05) is 13.0 Å².